The number of anilines is 1. The molecule has 134 valence electrons. The molecule has 3 rings (SSSR count). The van der Waals surface area contributed by atoms with Gasteiger partial charge in [0.25, 0.3) is 0 Å². The van der Waals surface area contributed by atoms with Crippen molar-refractivity contribution in [3.05, 3.63) is 84.3 Å². The molecule has 0 fully saturated rings. The van der Waals surface area contributed by atoms with Crippen LogP contribution in [0, 0.1) is 0 Å². The van der Waals surface area contributed by atoms with Crippen LogP contribution < -0.4 is 10.1 Å². The van der Waals surface area contributed by atoms with Crippen LogP contribution in [-0.2, 0) is 17.9 Å². The summed E-state index contributed by atoms with van der Waals surface area (Å²) < 4.78 is 11.0. The van der Waals surface area contributed by atoms with Gasteiger partial charge in [-0.3, -0.25) is 9.69 Å². The van der Waals surface area contributed by atoms with Crippen LogP contribution in [0.5, 0.6) is 5.75 Å². The minimum absolute atomic E-state index is 0.0722. The molecule has 2 aromatic carbocycles. The molecule has 0 bridgehead atoms. The van der Waals surface area contributed by atoms with Crippen LogP contribution in [0.1, 0.15) is 11.3 Å². The maximum atomic E-state index is 12.1. The molecule has 1 N–H and O–H groups in total. The van der Waals surface area contributed by atoms with Crippen LogP contribution in [0.2, 0.25) is 0 Å². The molecule has 5 nitrogen and oxygen atoms in total. The molecule has 0 aliphatic carbocycles. The topological polar surface area (TPSA) is 54.7 Å². The van der Waals surface area contributed by atoms with E-state index in [2.05, 4.69) is 5.32 Å². The van der Waals surface area contributed by atoms with Gasteiger partial charge in [0.05, 0.1) is 19.4 Å². The van der Waals surface area contributed by atoms with E-state index in [1.807, 2.05) is 78.7 Å². The van der Waals surface area contributed by atoms with Gasteiger partial charge in [-0.1, -0.05) is 30.3 Å². The van der Waals surface area contributed by atoms with E-state index in [4.69, 9.17) is 9.15 Å². The molecule has 5 heteroatoms. The Bertz CT molecular complexity index is 799. The van der Waals surface area contributed by atoms with Crippen LogP contribution in [0.4, 0.5) is 5.69 Å². The molecule has 3 aromatic rings. The summed E-state index contributed by atoms with van der Waals surface area (Å²) in [6, 6.07) is 21.1. The van der Waals surface area contributed by atoms with E-state index in [9.17, 15) is 4.79 Å². The molecule has 0 unspecified atom stereocenters. The number of benzene rings is 2. The number of furan rings is 1. The molecule has 0 spiro atoms. The first-order chi connectivity index (χ1) is 12.7. The van der Waals surface area contributed by atoms with Crippen molar-refractivity contribution >= 4 is 11.6 Å². The van der Waals surface area contributed by atoms with Gasteiger partial charge in [0.2, 0.25) is 5.91 Å². The van der Waals surface area contributed by atoms with Gasteiger partial charge < -0.3 is 14.5 Å². The third-order valence-corrected chi connectivity index (χ3v) is 3.81. The number of amides is 1. The van der Waals surface area contributed by atoms with Gasteiger partial charge in [0.1, 0.15) is 18.1 Å². The highest BCUT2D eigenvalue weighted by Gasteiger charge is 2.09. The zero-order valence-electron chi connectivity index (χ0n) is 14.7. The first kappa shape index (κ1) is 17.8. The van der Waals surface area contributed by atoms with Crippen molar-refractivity contribution in [1.29, 1.82) is 0 Å². The first-order valence-electron chi connectivity index (χ1n) is 8.46. The van der Waals surface area contributed by atoms with Crippen LogP contribution in [0.3, 0.4) is 0 Å². The van der Waals surface area contributed by atoms with Crippen molar-refractivity contribution in [3.63, 3.8) is 0 Å². The Kier molecular flexibility index (Phi) is 6.06. The number of rotatable bonds is 8. The summed E-state index contributed by atoms with van der Waals surface area (Å²) in [5.41, 5.74) is 1.86. The molecular formula is C21H22N2O3. The second-order valence-corrected chi connectivity index (χ2v) is 6.10. The number of likely N-dealkylation sites (N-methyl/N-ethyl adjacent to an activating group) is 1. The van der Waals surface area contributed by atoms with Crippen molar-refractivity contribution < 1.29 is 13.9 Å². The number of ether oxygens (including phenoxy) is 1. The zero-order valence-corrected chi connectivity index (χ0v) is 14.7. The smallest absolute Gasteiger partial charge is 0.238 e. The average molecular weight is 350 g/mol. The number of hydrogen-bond donors (Lipinski definition) is 1. The molecule has 1 amide bonds. The minimum Gasteiger partial charge on any atom is -0.489 e. The lowest BCUT2D eigenvalue weighted by Gasteiger charge is -2.15. The van der Waals surface area contributed by atoms with Crippen LogP contribution in [0.15, 0.2) is 77.4 Å². The van der Waals surface area contributed by atoms with E-state index in [1.165, 1.54) is 0 Å². The number of nitrogens with zero attached hydrogens (tertiary/aromatic N) is 1. The van der Waals surface area contributed by atoms with Crippen molar-refractivity contribution in [2.75, 3.05) is 18.9 Å². The molecule has 1 heterocycles. The largest absolute Gasteiger partial charge is 0.489 e. The van der Waals surface area contributed by atoms with Crippen LogP contribution in [0.25, 0.3) is 0 Å². The maximum Gasteiger partial charge on any atom is 0.238 e. The van der Waals surface area contributed by atoms with Gasteiger partial charge >= 0.3 is 0 Å². The second-order valence-electron chi connectivity index (χ2n) is 6.10. The molecule has 0 atom stereocenters. The minimum atomic E-state index is -0.0722. The lowest BCUT2D eigenvalue weighted by molar-refractivity contribution is -0.117. The van der Waals surface area contributed by atoms with E-state index in [0.29, 0.717) is 13.2 Å². The number of carbonyl (C=O) groups is 1. The summed E-state index contributed by atoms with van der Waals surface area (Å²) in [7, 11) is 1.88. The third-order valence-electron chi connectivity index (χ3n) is 3.81. The summed E-state index contributed by atoms with van der Waals surface area (Å²) in [6.07, 6.45) is 1.63. The summed E-state index contributed by atoms with van der Waals surface area (Å²) in [4.78, 5) is 14.0. The van der Waals surface area contributed by atoms with Gasteiger partial charge in [-0.05, 0) is 49.0 Å². The number of carbonyl (C=O) groups excluding carboxylic acids is 1. The van der Waals surface area contributed by atoms with Gasteiger partial charge in [-0.25, -0.2) is 0 Å². The normalized spacial score (nSPS) is 10.7. The van der Waals surface area contributed by atoms with Crippen LogP contribution >= 0.6 is 0 Å². The predicted molar refractivity (Wildman–Crippen MR) is 101 cm³/mol. The third kappa shape index (κ3) is 5.50. The first-order valence-corrected chi connectivity index (χ1v) is 8.46. The fourth-order valence-corrected chi connectivity index (χ4v) is 2.55. The lowest BCUT2D eigenvalue weighted by Crippen LogP contribution is -2.29. The van der Waals surface area contributed by atoms with E-state index in [1.54, 1.807) is 6.26 Å². The van der Waals surface area contributed by atoms with E-state index >= 15 is 0 Å². The van der Waals surface area contributed by atoms with E-state index in [-0.39, 0.29) is 12.5 Å². The molecular weight excluding hydrogens is 328 g/mol. The van der Waals surface area contributed by atoms with Crippen molar-refractivity contribution in [3.8, 4) is 5.75 Å². The molecule has 0 aliphatic heterocycles. The molecule has 0 aliphatic rings. The Hall–Kier alpha value is -3.05. The Morgan fingerprint density at radius 2 is 1.81 bits per heavy atom. The monoisotopic (exact) mass is 350 g/mol. The number of hydrogen-bond acceptors (Lipinski definition) is 4. The predicted octanol–water partition coefficient (Wildman–Crippen LogP) is 3.93. The lowest BCUT2D eigenvalue weighted by atomic mass is 10.2. The second kappa shape index (κ2) is 8.87. The Morgan fingerprint density at radius 3 is 2.50 bits per heavy atom. The summed E-state index contributed by atoms with van der Waals surface area (Å²) in [6.45, 7) is 1.39. The SMILES string of the molecule is CN(CC(=O)Nc1ccc(OCc2ccccc2)cc1)Cc1ccco1. The zero-order chi connectivity index (χ0) is 18.2. The fraction of sp³-hybridized carbons (Fsp3) is 0.190. The van der Waals surface area contributed by atoms with E-state index in [0.717, 1.165) is 22.8 Å². The molecule has 0 radical (unpaired) electrons. The average Bonchev–Trinajstić information content (AvgIpc) is 3.14. The standard InChI is InChI=1S/C21H22N2O3/c1-23(14-20-8-5-13-25-20)15-21(24)22-18-9-11-19(12-10-18)26-16-17-6-3-2-4-7-17/h2-13H,14-16H2,1H3,(H,22,24). The van der Waals surface area contributed by atoms with Crippen molar-refractivity contribution in [2.45, 2.75) is 13.2 Å². The Balaban J connectivity index is 1.45. The summed E-state index contributed by atoms with van der Waals surface area (Å²) in [5.74, 6) is 1.53. The highest BCUT2D eigenvalue weighted by Crippen LogP contribution is 2.17. The van der Waals surface area contributed by atoms with Crippen molar-refractivity contribution in [2.24, 2.45) is 0 Å². The van der Waals surface area contributed by atoms with Gasteiger partial charge in [-0.15, -0.1) is 0 Å². The molecule has 0 saturated heterocycles. The fourth-order valence-electron chi connectivity index (χ4n) is 2.55. The maximum absolute atomic E-state index is 12.1. The molecule has 0 saturated carbocycles. The Morgan fingerprint density at radius 1 is 1.04 bits per heavy atom. The highest BCUT2D eigenvalue weighted by atomic mass is 16.5. The van der Waals surface area contributed by atoms with Gasteiger partial charge in [0.15, 0.2) is 0 Å². The Labute approximate surface area is 153 Å². The summed E-state index contributed by atoms with van der Waals surface area (Å²) >= 11 is 0. The van der Waals surface area contributed by atoms with Gasteiger partial charge in [-0.2, -0.15) is 0 Å². The highest BCUT2D eigenvalue weighted by molar-refractivity contribution is 5.92. The van der Waals surface area contributed by atoms with E-state index < -0.39 is 0 Å². The molecule has 26 heavy (non-hydrogen) atoms. The number of nitrogens with one attached hydrogen (secondary N) is 1. The summed E-state index contributed by atoms with van der Waals surface area (Å²) in [5, 5.41) is 2.89. The van der Waals surface area contributed by atoms with Crippen LogP contribution in [-0.4, -0.2) is 24.4 Å². The molecule has 1 aromatic heterocycles. The van der Waals surface area contributed by atoms with Gasteiger partial charge in [0, 0.05) is 5.69 Å². The van der Waals surface area contributed by atoms with Crippen molar-refractivity contribution in [1.82, 2.24) is 4.90 Å². The quantitative estimate of drug-likeness (QED) is 0.669.